The number of aryl methyl sites for hydroxylation is 1. The second-order valence-electron chi connectivity index (χ2n) is 3.30. The van der Waals surface area contributed by atoms with Gasteiger partial charge in [-0.25, -0.2) is 8.42 Å². The van der Waals surface area contributed by atoms with E-state index in [1.165, 1.54) is 33.2 Å². The predicted molar refractivity (Wildman–Crippen MR) is 59.8 cm³/mol. The van der Waals surface area contributed by atoms with E-state index in [0.29, 0.717) is 10.0 Å². The maximum absolute atomic E-state index is 11.8. The van der Waals surface area contributed by atoms with Crippen LogP contribution in [0.25, 0.3) is 0 Å². The van der Waals surface area contributed by atoms with Crippen LogP contribution in [-0.4, -0.2) is 32.0 Å². The molecule has 7 nitrogen and oxygen atoms in total. The van der Waals surface area contributed by atoms with Gasteiger partial charge in [0.1, 0.15) is 0 Å². The Bertz CT molecular complexity index is 540. The summed E-state index contributed by atoms with van der Waals surface area (Å²) in [6.45, 7) is 1.54. The molecule has 0 spiro atoms. The molecule has 94 valence electrons. The molecule has 1 aromatic rings. The van der Waals surface area contributed by atoms with Crippen molar-refractivity contribution >= 4 is 15.7 Å². The Labute approximate surface area is 98.8 Å². The number of hydroxylamine groups is 1. The molecule has 0 unspecified atom stereocenters. The van der Waals surface area contributed by atoms with Gasteiger partial charge in [-0.3, -0.25) is 15.0 Å². The first-order chi connectivity index (χ1) is 7.80. The van der Waals surface area contributed by atoms with Gasteiger partial charge in [-0.05, 0) is 13.0 Å². The van der Waals surface area contributed by atoms with E-state index in [9.17, 15) is 18.5 Å². The fraction of sp³-hybridized carbons (Fsp3) is 0.333. The summed E-state index contributed by atoms with van der Waals surface area (Å²) in [5.74, 6) is 0. The van der Waals surface area contributed by atoms with Gasteiger partial charge in [0.05, 0.1) is 16.9 Å². The second-order valence-corrected chi connectivity index (χ2v) is 5.24. The number of nitro benzene ring substituents is 1. The minimum Gasteiger partial charge on any atom is -0.288 e. The van der Waals surface area contributed by atoms with Crippen molar-refractivity contribution in [3.8, 4) is 0 Å². The molecule has 0 aliphatic carbocycles. The quantitative estimate of drug-likeness (QED) is 0.597. The van der Waals surface area contributed by atoms with Gasteiger partial charge >= 0.3 is 0 Å². The van der Waals surface area contributed by atoms with E-state index >= 15 is 0 Å². The molecule has 0 atom stereocenters. The van der Waals surface area contributed by atoms with Crippen LogP contribution in [0.2, 0.25) is 0 Å². The molecule has 0 radical (unpaired) electrons. The minimum absolute atomic E-state index is 0.181. The highest BCUT2D eigenvalue weighted by Gasteiger charge is 2.24. The van der Waals surface area contributed by atoms with Crippen molar-refractivity contribution < 1.29 is 18.2 Å². The molecule has 0 N–H and O–H groups in total. The van der Waals surface area contributed by atoms with Crippen molar-refractivity contribution in [1.82, 2.24) is 4.47 Å². The number of nitro groups is 1. The molecule has 0 aliphatic rings. The Morgan fingerprint density at radius 3 is 2.47 bits per heavy atom. The maximum atomic E-state index is 11.8. The standard InChI is InChI=1S/C9H12N2O5S/c1-7-4-5-8(6-9(7)11(12)13)17(14,15)10(2)16-3/h4-6H,1-3H3. The summed E-state index contributed by atoms with van der Waals surface area (Å²) in [4.78, 5) is 14.5. The zero-order chi connectivity index (χ0) is 13.2. The lowest BCUT2D eigenvalue weighted by Gasteiger charge is -2.14. The predicted octanol–water partition coefficient (Wildman–Crippen LogP) is 1.09. The fourth-order valence-corrected chi connectivity index (χ4v) is 2.19. The third-order valence-electron chi connectivity index (χ3n) is 2.27. The largest absolute Gasteiger partial charge is 0.288 e. The van der Waals surface area contributed by atoms with Crippen LogP contribution in [0.3, 0.4) is 0 Å². The normalized spacial score (nSPS) is 11.8. The molecule has 0 fully saturated rings. The smallest absolute Gasteiger partial charge is 0.273 e. The van der Waals surface area contributed by atoms with Crippen LogP contribution in [0, 0.1) is 17.0 Å². The average molecular weight is 260 g/mol. The second kappa shape index (κ2) is 4.78. The molecule has 0 heterocycles. The average Bonchev–Trinajstić information content (AvgIpc) is 2.27. The highest BCUT2D eigenvalue weighted by atomic mass is 32.2. The van der Waals surface area contributed by atoms with Gasteiger partial charge in [0.15, 0.2) is 0 Å². The zero-order valence-corrected chi connectivity index (χ0v) is 10.4. The van der Waals surface area contributed by atoms with E-state index < -0.39 is 14.9 Å². The van der Waals surface area contributed by atoms with E-state index in [1.807, 2.05) is 0 Å². The Morgan fingerprint density at radius 2 is 2.00 bits per heavy atom. The number of rotatable bonds is 4. The summed E-state index contributed by atoms with van der Waals surface area (Å²) in [5, 5.41) is 10.7. The third kappa shape index (κ3) is 2.60. The molecular weight excluding hydrogens is 248 g/mol. The van der Waals surface area contributed by atoms with E-state index in [-0.39, 0.29) is 10.6 Å². The van der Waals surface area contributed by atoms with Crippen LogP contribution < -0.4 is 0 Å². The maximum Gasteiger partial charge on any atom is 0.273 e. The molecule has 1 aromatic carbocycles. The first-order valence-corrected chi connectivity index (χ1v) is 6.02. The van der Waals surface area contributed by atoms with Gasteiger partial charge in [0, 0.05) is 18.7 Å². The monoisotopic (exact) mass is 260 g/mol. The number of benzene rings is 1. The highest BCUT2D eigenvalue weighted by Crippen LogP contribution is 2.23. The van der Waals surface area contributed by atoms with Gasteiger partial charge in [-0.1, -0.05) is 10.5 Å². The zero-order valence-electron chi connectivity index (χ0n) is 9.58. The molecule has 1 rings (SSSR count). The van der Waals surface area contributed by atoms with E-state index in [4.69, 9.17) is 0 Å². The third-order valence-corrected chi connectivity index (χ3v) is 3.95. The number of nitrogens with zero attached hydrogens (tertiary/aromatic N) is 2. The van der Waals surface area contributed by atoms with Gasteiger partial charge in [0.25, 0.3) is 15.7 Å². The fourth-order valence-electron chi connectivity index (χ4n) is 1.19. The molecule has 0 aromatic heterocycles. The van der Waals surface area contributed by atoms with Crippen molar-refractivity contribution in [3.05, 3.63) is 33.9 Å². The van der Waals surface area contributed by atoms with Crippen molar-refractivity contribution in [1.29, 1.82) is 0 Å². The molecule has 0 bridgehead atoms. The molecule has 8 heteroatoms. The van der Waals surface area contributed by atoms with Crippen LogP contribution in [0.15, 0.2) is 23.1 Å². The summed E-state index contributed by atoms with van der Waals surface area (Å²) in [7, 11) is -1.45. The number of hydrogen-bond donors (Lipinski definition) is 0. The molecule has 17 heavy (non-hydrogen) atoms. The lowest BCUT2D eigenvalue weighted by Crippen LogP contribution is -2.25. The molecular formula is C9H12N2O5S. The lowest BCUT2D eigenvalue weighted by atomic mass is 10.2. The molecule has 0 saturated heterocycles. The van der Waals surface area contributed by atoms with Crippen molar-refractivity contribution in [2.75, 3.05) is 14.2 Å². The minimum atomic E-state index is -3.86. The van der Waals surface area contributed by atoms with Crippen LogP contribution >= 0.6 is 0 Å². The van der Waals surface area contributed by atoms with Crippen molar-refractivity contribution in [2.24, 2.45) is 0 Å². The first-order valence-electron chi connectivity index (χ1n) is 4.58. The summed E-state index contributed by atoms with van der Waals surface area (Å²) < 4.78 is 24.3. The topological polar surface area (TPSA) is 89.8 Å². The van der Waals surface area contributed by atoms with Gasteiger partial charge in [-0.2, -0.15) is 0 Å². The van der Waals surface area contributed by atoms with E-state index in [1.54, 1.807) is 0 Å². The molecule has 0 saturated carbocycles. The highest BCUT2D eigenvalue weighted by molar-refractivity contribution is 7.89. The SMILES string of the molecule is CON(C)S(=O)(=O)c1ccc(C)c([N+](=O)[O-])c1. The van der Waals surface area contributed by atoms with Gasteiger partial charge in [-0.15, -0.1) is 0 Å². The van der Waals surface area contributed by atoms with Crippen LogP contribution in [0.5, 0.6) is 0 Å². The summed E-state index contributed by atoms with van der Waals surface area (Å²) in [6.07, 6.45) is 0. The van der Waals surface area contributed by atoms with Crippen LogP contribution in [0.4, 0.5) is 5.69 Å². The van der Waals surface area contributed by atoms with E-state index in [2.05, 4.69) is 4.84 Å². The lowest BCUT2D eigenvalue weighted by molar-refractivity contribution is -0.385. The Kier molecular flexibility index (Phi) is 3.81. The molecule has 0 amide bonds. The number of sulfonamides is 1. The summed E-state index contributed by atoms with van der Waals surface area (Å²) in [5.41, 5.74) is 0.157. The first kappa shape index (κ1) is 13.6. The Hall–Kier alpha value is -1.51. The van der Waals surface area contributed by atoms with Gasteiger partial charge in [0.2, 0.25) is 0 Å². The van der Waals surface area contributed by atoms with E-state index in [0.717, 1.165) is 6.07 Å². The van der Waals surface area contributed by atoms with Crippen molar-refractivity contribution in [2.45, 2.75) is 11.8 Å². The van der Waals surface area contributed by atoms with Gasteiger partial charge < -0.3 is 0 Å². The Balaban J connectivity index is 3.35. The van der Waals surface area contributed by atoms with Crippen LogP contribution in [-0.2, 0) is 14.9 Å². The Morgan fingerprint density at radius 1 is 1.41 bits per heavy atom. The summed E-state index contributed by atoms with van der Waals surface area (Å²) in [6, 6.07) is 3.70. The van der Waals surface area contributed by atoms with Crippen LogP contribution in [0.1, 0.15) is 5.56 Å². The summed E-state index contributed by atoms with van der Waals surface area (Å²) >= 11 is 0. The van der Waals surface area contributed by atoms with Crippen molar-refractivity contribution in [3.63, 3.8) is 0 Å². The molecule has 0 aliphatic heterocycles. The number of hydrogen-bond acceptors (Lipinski definition) is 5.